The van der Waals surface area contributed by atoms with Crippen LogP contribution in [0.3, 0.4) is 0 Å². The Morgan fingerprint density at radius 2 is 2.25 bits per heavy atom. The maximum Gasteiger partial charge on any atom is 0.277 e. The first-order chi connectivity index (χ1) is 7.66. The van der Waals surface area contributed by atoms with Gasteiger partial charge in [0.05, 0.1) is 4.47 Å². The topological polar surface area (TPSA) is 55.1 Å². The van der Waals surface area contributed by atoms with Gasteiger partial charge in [-0.3, -0.25) is 4.79 Å². The molecule has 0 bridgehead atoms. The summed E-state index contributed by atoms with van der Waals surface area (Å²) in [5.41, 5.74) is 0.640. The molecule has 1 aromatic carbocycles. The summed E-state index contributed by atoms with van der Waals surface area (Å²) in [5, 5.41) is 6.03. The number of hydrogen-bond acceptors (Lipinski definition) is 3. The number of amides is 1. The van der Waals surface area contributed by atoms with Crippen molar-refractivity contribution in [3.63, 3.8) is 0 Å². The SMILES string of the molecule is O=C(Nc1ccc(F)c(Br)c1)c1ccon1. The molecule has 0 unspecified atom stereocenters. The zero-order valence-corrected chi connectivity index (χ0v) is 9.49. The van der Waals surface area contributed by atoms with Crippen LogP contribution in [0, 0.1) is 5.82 Å². The van der Waals surface area contributed by atoms with Crippen LogP contribution >= 0.6 is 15.9 Å². The fourth-order valence-corrected chi connectivity index (χ4v) is 1.48. The molecule has 0 radical (unpaired) electrons. The zero-order valence-electron chi connectivity index (χ0n) is 7.91. The fourth-order valence-electron chi connectivity index (χ4n) is 1.10. The standard InChI is InChI=1S/C10H6BrFN2O2/c11-7-5-6(1-2-8(7)12)13-10(15)9-3-4-16-14-9/h1-5H,(H,13,15). The Morgan fingerprint density at radius 1 is 1.44 bits per heavy atom. The van der Waals surface area contributed by atoms with Crippen molar-refractivity contribution in [2.75, 3.05) is 5.32 Å². The number of nitrogens with one attached hydrogen (secondary N) is 1. The second-order valence-corrected chi connectivity index (χ2v) is 3.82. The molecule has 0 fully saturated rings. The molecule has 0 aliphatic carbocycles. The number of carbonyl (C=O) groups is 1. The van der Waals surface area contributed by atoms with Crippen LogP contribution in [0.15, 0.2) is 39.5 Å². The van der Waals surface area contributed by atoms with Gasteiger partial charge in [-0.25, -0.2) is 4.39 Å². The van der Waals surface area contributed by atoms with Crippen LogP contribution in [-0.2, 0) is 0 Å². The second-order valence-electron chi connectivity index (χ2n) is 2.97. The molecule has 1 heterocycles. The molecular formula is C10H6BrFN2O2. The van der Waals surface area contributed by atoms with Crippen molar-refractivity contribution >= 4 is 27.5 Å². The fraction of sp³-hybridized carbons (Fsp3) is 0. The Labute approximate surface area is 98.6 Å². The minimum atomic E-state index is -0.410. The summed E-state index contributed by atoms with van der Waals surface area (Å²) in [6, 6.07) is 5.61. The van der Waals surface area contributed by atoms with E-state index >= 15 is 0 Å². The van der Waals surface area contributed by atoms with Crippen LogP contribution in [-0.4, -0.2) is 11.1 Å². The third kappa shape index (κ3) is 2.27. The quantitative estimate of drug-likeness (QED) is 0.923. The molecule has 0 aliphatic rings. The van der Waals surface area contributed by atoms with E-state index in [1.54, 1.807) is 0 Å². The van der Waals surface area contributed by atoms with Crippen molar-refractivity contribution < 1.29 is 13.7 Å². The van der Waals surface area contributed by atoms with E-state index in [1.165, 1.54) is 30.5 Å². The molecule has 16 heavy (non-hydrogen) atoms. The number of benzene rings is 1. The maximum absolute atomic E-state index is 12.9. The van der Waals surface area contributed by atoms with Crippen molar-refractivity contribution in [3.8, 4) is 0 Å². The molecule has 0 aliphatic heterocycles. The summed E-state index contributed by atoms with van der Waals surface area (Å²) in [5.74, 6) is -0.799. The van der Waals surface area contributed by atoms with E-state index in [2.05, 4.69) is 30.9 Å². The van der Waals surface area contributed by atoms with Gasteiger partial charge < -0.3 is 9.84 Å². The van der Waals surface area contributed by atoms with Crippen molar-refractivity contribution in [2.45, 2.75) is 0 Å². The Balaban J connectivity index is 2.15. The molecule has 4 nitrogen and oxygen atoms in total. The lowest BCUT2D eigenvalue weighted by Gasteiger charge is -2.03. The predicted octanol–water partition coefficient (Wildman–Crippen LogP) is 2.83. The smallest absolute Gasteiger partial charge is 0.277 e. The average Bonchev–Trinajstić information content (AvgIpc) is 2.77. The van der Waals surface area contributed by atoms with E-state index in [1.807, 2.05) is 0 Å². The van der Waals surface area contributed by atoms with Gasteiger partial charge in [0.1, 0.15) is 12.1 Å². The third-order valence-corrected chi connectivity index (χ3v) is 2.46. The molecule has 1 N–H and O–H groups in total. The highest BCUT2D eigenvalue weighted by Gasteiger charge is 2.09. The van der Waals surface area contributed by atoms with Crippen LogP contribution < -0.4 is 5.32 Å². The highest BCUT2D eigenvalue weighted by atomic mass is 79.9. The minimum absolute atomic E-state index is 0.167. The van der Waals surface area contributed by atoms with Crippen molar-refractivity contribution in [1.29, 1.82) is 0 Å². The number of nitrogens with zero attached hydrogens (tertiary/aromatic N) is 1. The van der Waals surface area contributed by atoms with E-state index < -0.39 is 5.91 Å². The lowest BCUT2D eigenvalue weighted by atomic mass is 10.3. The highest BCUT2D eigenvalue weighted by Crippen LogP contribution is 2.20. The van der Waals surface area contributed by atoms with Crippen molar-refractivity contribution in [1.82, 2.24) is 5.16 Å². The Kier molecular flexibility index (Phi) is 3.00. The van der Waals surface area contributed by atoms with Crippen LogP contribution in [0.2, 0.25) is 0 Å². The van der Waals surface area contributed by atoms with E-state index in [4.69, 9.17) is 0 Å². The van der Waals surface area contributed by atoms with E-state index in [0.717, 1.165) is 0 Å². The van der Waals surface area contributed by atoms with Gasteiger partial charge in [0.25, 0.3) is 5.91 Å². The number of halogens is 2. The van der Waals surface area contributed by atoms with E-state index in [-0.39, 0.29) is 16.0 Å². The molecule has 6 heteroatoms. The number of carbonyl (C=O) groups excluding carboxylic acids is 1. The van der Waals surface area contributed by atoms with Gasteiger partial charge >= 0.3 is 0 Å². The minimum Gasteiger partial charge on any atom is -0.364 e. The first kappa shape index (κ1) is 10.8. The lowest BCUT2D eigenvalue weighted by Crippen LogP contribution is -2.12. The molecule has 0 atom stereocenters. The van der Waals surface area contributed by atoms with Gasteiger partial charge in [-0.05, 0) is 34.1 Å². The highest BCUT2D eigenvalue weighted by molar-refractivity contribution is 9.10. The second kappa shape index (κ2) is 4.44. The van der Waals surface area contributed by atoms with Gasteiger partial charge in [-0.2, -0.15) is 0 Å². The van der Waals surface area contributed by atoms with Crippen molar-refractivity contribution in [2.24, 2.45) is 0 Å². The predicted molar refractivity (Wildman–Crippen MR) is 58.6 cm³/mol. The average molecular weight is 285 g/mol. The number of aromatic nitrogens is 1. The normalized spacial score (nSPS) is 10.1. The molecule has 0 saturated carbocycles. The van der Waals surface area contributed by atoms with Crippen LogP contribution in [0.4, 0.5) is 10.1 Å². The molecule has 1 aromatic heterocycles. The molecule has 1 amide bonds. The zero-order chi connectivity index (χ0) is 11.5. The van der Waals surface area contributed by atoms with Crippen LogP contribution in [0.5, 0.6) is 0 Å². The summed E-state index contributed by atoms with van der Waals surface area (Å²) in [7, 11) is 0. The lowest BCUT2D eigenvalue weighted by molar-refractivity contribution is 0.101. The molecular weight excluding hydrogens is 279 g/mol. The van der Waals surface area contributed by atoms with E-state index in [0.29, 0.717) is 5.69 Å². The molecule has 82 valence electrons. The van der Waals surface area contributed by atoms with Gasteiger partial charge in [0, 0.05) is 11.8 Å². The maximum atomic E-state index is 12.9. The van der Waals surface area contributed by atoms with Crippen LogP contribution in [0.1, 0.15) is 10.5 Å². The summed E-state index contributed by atoms with van der Waals surface area (Å²) < 4.78 is 17.7. The number of hydrogen-bond donors (Lipinski definition) is 1. The third-order valence-electron chi connectivity index (χ3n) is 1.85. The first-order valence-electron chi connectivity index (χ1n) is 4.33. The summed E-state index contributed by atoms with van der Waals surface area (Å²) >= 11 is 3.02. The molecule has 0 spiro atoms. The Morgan fingerprint density at radius 3 is 2.88 bits per heavy atom. The van der Waals surface area contributed by atoms with Crippen molar-refractivity contribution in [3.05, 3.63) is 46.5 Å². The van der Waals surface area contributed by atoms with Gasteiger partial charge in [0.2, 0.25) is 0 Å². The number of rotatable bonds is 2. The molecule has 2 rings (SSSR count). The van der Waals surface area contributed by atoms with E-state index in [9.17, 15) is 9.18 Å². The molecule has 0 saturated heterocycles. The largest absolute Gasteiger partial charge is 0.364 e. The van der Waals surface area contributed by atoms with Gasteiger partial charge in [0.15, 0.2) is 5.69 Å². The monoisotopic (exact) mass is 284 g/mol. The summed E-state index contributed by atoms with van der Waals surface area (Å²) in [6.45, 7) is 0. The molecule has 2 aromatic rings. The summed E-state index contributed by atoms with van der Waals surface area (Å²) in [4.78, 5) is 11.5. The summed E-state index contributed by atoms with van der Waals surface area (Å²) in [6.07, 6.45) is 1.30. The Bertz CT molecular complexity index is 514. The van der Waals surface area contributed by atoms with Gasteiger partial charge in [-0.1, -0.05) is 5.16 Å². The van der Waals surface area contributed by atoms with Crippen LogP contribution in [0.25, 0.3) is 0 Å². The number of anilines is 1. The van der Waals surface area contributed by atoms with Gasteiger partial charge in [-0.15, -0.1) is 0 Å². The first-order valence-corrected chi connectivity index (χ1v) is 5.13. The Hall–Kier alpha value is -1.69.